The minimum atomic E-state index is -3.74. The summed E-state index contributed by atoms with van der Waals surface area (Å²) in [6, 6.07) is 4.63. The van der Waals surface area contributed by atoms with Crippen molar-refractivity contribution >= 4 is 33.1 Å². The first-order valence-electron chi connectivity index (χ1n) is 6.33. The van der Waals surface area contributed by atoms with Crippen LogP contribution in [0.5, 0.6) is 0 Å². The molecular formula is C13H19N3O3S2. The zero-order valence-electron chi connectivity index (χ0n) is 12.2. The van der Waals surface area contributed by atoms with Crippen molar-refractivity contribution in [3.8, 4) is 0 Å². The standard InChI is InChI=1S/C13H19N3O3S2/c1-4-15-12(17)8-16(3)21(18,19)11-6-5-10(13(14)20)7-9(11)2/h5-7H,4,8H2,1-3H3,(H2,14,20)(H,15,17). The van der Waals surface area contributed by atoms with E-state index in [0.717, 1.165) is 4.31 Å². The summed E-state index contributed by atoms with van der Waals surface area (Å²) in [5.74, 6) is -0.346. The molecule has 0 aliphatic carbocycles. The Balaban J connectivity index is 3.07. The van der Waals surface area contributed by atoms with E-state index in [-0.39, 0.29) is 22.3 Å². The summed E-state index contributed by atoms with van der Waals surface area (Å²) in [6.07, 6.45) is 0. The molecule has 0 radical (unpaired) electrons. The normalized spacial score (nSPS) is 11.4. The molecule has 6 nitrogen and oxygen atoms in total. The molecular weight excluding hydrogens is 310 g/mol. The van der Waals surface area contributed by atoms with Crippen molar-refractivity contribution in [2.75, 3.05) is 20.1 Å². The number of carbonyl (C=O) groups is 1. The first kappa shape index (κ1) is 17.5. The van der Waals surface area contributed by atoms with Crippen LogP contribution in [0.1, 0.15) is 18.1 Å². The highest BCUT2D eigenvalue weighted by Crippen LogP contribution is 2.20. The van der Waals surface area contributed by atoms with Gasteiger partial charge in [-0.3, -0.25) is 4.79 Å². The molecule has 1 amide bonds. The monoisotopic (exact) mass is 329 g/mol. The Labute approximate surface area is 130 Å². The minimum absolute atomic E-state index is 0.134. The van der Waals surface area contributed by atoms with E-state index in [9.17, 15) is 13.2 Å². The van der Waals surface area contributed by atoms with E-state index in [0.29, 0.717) is 17.7 Å². The van der Waals surface area contributed by atoms with Crippen LogP contribution in [0.2, 0.25) is 0 Å². The third-order valence-corrected chi connectivity index (χ3v) is 5.09. The van der Waals surface area contributed by atoms with Crippen LogP contribution in [0.3, 0.4) is 0 Å². The summed E-state index contributed by atoms with van der Waals surface area (Å²) in [5, 5.41) is 2.56. The number of nitrogens with zero attached hydrogens (tertiary/aromatic N) is 1. The summed E-state index contributed by atoms with van der Waals surface area (Å²) >= 11 is 4.86. The van der Waals surface area contributed by atoms with Crippen LogP contribution < -0.4 is 11.1 Å². The quantitative estimate of drug-likeness (QED) is 0.736. The zero-order valence-corrected chi connectivity index (χ0v) is 13.8. The third kappa shape index (κ3) is 4.23. The van der Waals surface area contributed by atoms with Crippen molar-refractivity contribution in [3.63, 3.8) is 0 Å². The number of nitrogens with one attached hydrogen (secondary N) is 1. The summed E-state index contributed by atoms with van der Waals surface area (Å²) in [4.78, 5) is 11.8. The van der Waals surface area contributed by atoms with Gasteiger partial charge in [-0.05, 0) is 31.5 Å². The second-order valence-electron chi connectivity index (χ2n) is 4.56. The number of likely N-dealkylation sites (N-methyl/N-ethyl adjacent to an activating group) is 2. The molecule has 21 heavy (non-hydrogen) atoms. The van der Waals surface area contributed by atoms with E-state index in [1.165, 1.54) is 13.1 Å². The average molecular weight is 329 g/mol. The van der Waals surface area contributed by atoms with Crippen molar-refractivity contribution in [2.24, 2.45) is 5.73 Å². The first-order chi connectivity index (χ1) is 9.70. The summed E-state index contributed by atoms with van der Waals surface area (Å²) < 4.78 is 25.9. The Morgan fingerprint density at radius 2 is 2.05 bits per heavy atom. The molecule has 0 saturated carbocycles. The lowest BCUT2D eigenvalue weighted by Gasteiger charge is -2.18. The molecule has 0 bridgehead atoms. The largest absolute Gasteiger partial charge is 0.389 e. The van der Waals surface area contributed by atoms with Crippen LogP contribution in [0.4, 0.5) is 0 Å². The van der Waals surface area contributed by atoms with Gasteiger partial charge in [0, 0.05) is 19.2 Å². The SMILES string of the molecule is CCNC(=O)CN(C)S(=O)(=O)c1ccc(C(N)=S)cc1C. The summed E-state index contributed by atoms with van der Waals surface area (Å²) in [6.45, 7) is 3.65. The predicted octanol–water partition coefficient (Wildman–Crippen LogP) is 0.386. The van der Waals surface area contributed by atoms with E-state index in [4.69, 9.17) is 18.0 Å². The Bertz CT molecular complexity index is 657. The number of amides is 1. The zero-order chi connectivity index (χ0) is 16.2. The number of carbonyl (C=O) groups excluding carboxylic acids is 1. The predicted molar refractivity (Wildman–Crippen MR) is 85.6 cm³/mol. The molecule has 116 valence electrons. The van der Waals surface area contributed by atoms with Crippen LogP contribution in [0, 0.1) is 6.92 Å². The molecule has 0 unspecified atom stereocenters. The van der Waals surface area contributed by atoms with Gasteiger partial charge in [-0.2, -0.15) is 4.31 Å². The van der Waals surface area contributed by atoms with E-state index >= 15 is 0 Å². The number of thiocarbonyl (C=S) groups is 1. The Hall–Kier alpha value is -1.51. The van der Waals surface area contributed by atoms with Crippen LogP contribution in [-0.4, -0.2) is 43.8 Å². The van der Waals surface area contributed by atoms with E-state index in [2.05, 4.69) is 5.32 Å². The molecule has 0 aromatic heterocycles. The topological polar surface area (TPSA) is 92.5 Å². The molecule has 0 spiro atoms. The van der Waals surface area contributed by atoms with E-state index in [1.807, 2.05) is 0 Å². The van der Waals surface area contributed by atoms with E-state index in [1.54, 1.807) is 26.0 Å². The number of hydrogen-bond donors (Lipinski definition) is 2. The molecule has 0 heterocycles. The molecule has 1 aromatic rings. The molecule has 0 atom stereocenters. The highest BCUT2D eigenvalue weighted by atomic mass is 32.2. The molecule has 0 aliphatic heterocycles. The molecule has 1 rings (SSSR count). The van der Waals surface area contributed by atoms with Crippen molar-refractivity contribution in [3.05, 3.63) is 29.3 Å². The van der Waals surface area contributed by atoms with Gasteiger partial charge in [0.2, 0.25) is 15.9 Å². The van der Waals surface area contributed by atoms with Crippen molar-refractivity contribution < 1.29 is 13.2 Å². The fourth-order valence-electron chi connectivity index (χ4n) is 1.80. The fourth-order valence-corrected chi connectivity index (χ4v) is 3.26. The van der Waals surface area contributed by atoms with Gasteiger partial charge in [-0.1, -0.05) is 18.3 Å². The lowest BCUT2D eigenvalue weighted by atomic mass is 10.1. The maximum absolute atomic E-state index is 12.5. The van der Waals surface area contributed by atoms with Crippen molar-refractivity contribution in [2.45, 2.75) is 18.7 Å². The number of hydrogen-bond acceptors (Lipinski definition) is 4. The molecule has 1 aromatic carbocycles. The second-order valence-corrected chi connectivity index (χ2v) is 7.01. The smallest absolute Gasteiger partial charge is 0.243 e. The third-order valence-electron chi connectivity index (χ3n) is 2.89. The first-order valence-corrected chi connectivity index (χ1v) is 8.18. The minimum Gasteiger partial charge on any atom is -0.389 e. The highest BCUT2D eigenvalue weighted by Gasteiger charge is 2.24. The highest BCUT2D eigenvalue weighted by molar-refractivity contribution is 7.89. The molecule has 3 N–H and O–H groups in total. The number of benzene rings is 1. The van der Waals surface area contributed by atoms with Gasteiger partial charge in [-0.15, -0.1) is 0 Å². The van der Waals surface area contributed by atoms with Gasteiger partial charge in [0.25, 0.3) is 0 Å². The lowest BCUT2D eigenvalue weighted by molar-refractivity contribution is -0.121. The average Bonchev–Trinajstić information content (AvgIpc) is 2.38. The van der Waals surface area contributed by atoms with Crippen LogP contribution in [-0.2, 0) is 14.8 Å². The molecule has 0 saturated heterocycles. The van der Waals surface area contributed by atoms with E-state index < -0.39 is 10.0 Å². The molecule has 8 heteroatoms. The molecule has 0 fully saturated rings. The van der Waals surface area contributed by atoms with Crippen LogP contribution in [0.15, 0.2) is 23.1 Å². The van der Waals surface area contributed by atoms with Crippen LogP contribution >= 0.6 is 12.2 Å². The van der Waals surface area contributed by atoms with Gasteiger partial charge < -0.3 is 11.1 Å². The lowest BCUT2D eigenvalue weighted by Crippen LogP contribution is -2.38. The maximum atomic E-state index is 12.5. The number of sulfonamides is 1. The number of aryl methyl sites for hydroxylation is 1. The molecule has 0 aliphatic rings. The number of nitrogens with two attached hydrogens (primary N) is 1. The fraction of sp³-hybridized carbons (Fsp3) is 0.385. The Morgan fingerprint density at radius 3 is 2.52 bits per heavy atom. The Morgan fingerprint density at radius 1 is 1.43 bits per heavy atom. The van der Waals surface area contributed by atoms with Gasteiger partial charge in [0.1, 0.15) is 4.99 Å². The Kier molecular flexibility index (Phi) is 5.82. The van der Waals surface area contributed by atoms with Gasteiger partial charge in [0.15, 0.2) is 0 Å². The second kappa shape index (κ2) is 6.97. The van der Waals surface area contributed by atoms with Crippen molar-refractivity contribution in [1.29, 1.82) is 0 Å². The summed E-state index contributed by atoms with van der Waals surface area (Å²) in [7, 11) is -2.37. The van der Waals surface area contributed by atoms with Crippen LogP contribution in [0.25, 0.3) is 0 Å². The van der Waals surface area contributed by atoms with Gasteiger partial charge in [0.05, 0.1) is 11.4 Å². The van der Waals surface area contributed by atoms with Crippen molar-refractivity contribution in [1.82, 2.24) is 9.62 Å². The number of rotatable bonds is 6. The maximum Gasteiger partial charge on any atom is 0.243 e. The van der Waals surface area contributed by atoms with Gasteiger partial charge in [-0.25, -0.2) is 8.42 Å². The summed E-state index contributed by atoms with van der Waals surface area (Å²) in [5.41, 5.74) is 6.65. The van der Waals surface area contributed by atoms with Gasteiger partial charge >= 0.3 is 0 Å².